The molecular formula is C31H39N3O7S. The summed E-state index contributed by atoms with van der Waals surface area (Å²) in [6.07, 6.45) is 0.718. The van der Waals surface area contributed by atoms with Gasteiger partial charge in [0.25, 0.3) is 10.0 Å². The summed E-state index contributed by atoms with van der Waals surface area (Å²) in [5.74, 6) is 0.362. The topological polar surface area (TPSA) is 114 Å². The summed E-state index contributed by atoms with van der Waals surface area (Å²) in [5.41, 5.74) is 1.04. The van der Waals surface area contributed by atoms with Gasteiger partial charge in [0, 0.05) is 18.7 Å². The Kier molecular flexibility index (Phi) is 11.2. The molecule has 0 saturated carbocycles. The normalized spacial score (nSPS) is 12.5. The molecule has 0 aliphatic carbocycles. The summed E-state index contributed by atoms with van der Waals surface area (Å²) >= 11 is 0. The van der Waals surface area contributed by atoms with Crippen molar-refractivity contribution in [3.8, 4) is 17.2 Å². The molecule has 10 nitrogen and oxygen atoms in total. The van der Waals surface area contributed by atoms with Crippen LogP contribution in [0, 0.1) is 0 Å². The minimum Gasteiger partial charge on any atom is -0.497 e. The van der Waals surface area contributed by atoms with Gasteiger partial charge in [-0.05, 0) is 62.2 Å². The van der Waals surface area contributed by atoms with E-state index in [-0.39, 0.29) is 29.1 Å². The molecule has 3 aromatic rings. The molecule has 3 rings (SSSR count). The number of rotatable bonds is 14. The first kappa shape index (κ1) is 32.3. The number of carbonyl (C=O) groups excluding carboxylic acids is 2. The second-order valence-electron chi connectivity index (χ2n) is 9.73. The lowest BCUT2D eigenvalue weighted by Crippen LogP contribution is -2.52. The van der Waals surface area contributed by atoms with Gasteiger partial charge in [0.05, 0.1) is 31.9 Å². The van der Waals surface area contributed by atoms with Crippen LogP contribution in [-0.2, 0) is 26.2 Å². The third-order valence-corrected chi connectivity index (χ3v) is 8.72. The molecule has 0 aliphatic rings. The van der Waals surface area contributed by atoms with Gasteiger partial charge in [-0.1, -0.05) is 37.3 Å². The Balaban J connectivity index is 2.03. The first-order valence-electron chi connectivity index (χ1n) is 13.6. The van der Waals surface area contributed by atoms with Crippen molar-refractivity contribution in [2.24, 2.45) is 0 Å². The Morgan fingerprint density at radius 3 is 2.07 bits per heavy atom. The van der Waals surface area contributed by atoms with Gasteiger partial charge in [0.2, 0.25) is 11.8 Å². The second-order valence-corrected chi connectivity index (χ2v) is 11.6. The van der Waals surface area contributed by atoms with Crippen LogP contribution in [0.1, 0.15) is 32.8 Å². The zero-order valence-electron chi connectivity index (χ0n) is 24.9. The van der Waals surface area contributed by atoms with Crippen molar-refractivity contribution in [1.29, 1.82) is 0 Å². The molecule has 0 heterocycles. The molecule has 0 bridgehead atoms. The molecule has 226 valence electrons. The van der Waals surface area contributed by atoms with E-state index in [2.05, 4.69) is 5.32 Å². The van der Waals surface area contributed by atoms with Crippen LogP contribution >= 0.6 is 0 Å². The third-order valence-electron chi connectivity index (χ3n) is 6.95. The van der Waals surface area contributed by atoms with Crippen molar-refractivity contribution in [3.63, 3.8) is 0 Å². The zero-order chi connectivity index (χ0) is 30.9. The van der Waals surface area contributed by atoms with Crippen molar-refractivity contribution < 1.29 is 32.2 Å². The Labute approximate surface area is 248 Å². The zero-order valence-corrected chi connectivity index (χ0v) is 25.7. The molecule has 0 spiro atoms. The molecule has 1 N–H and O–H groups in total. The van der Waals surface area contributed by atoms with E-state index in [4.69, 9.17) is 14.2 Å². The average Bonchev–Trinajstić information content (AvgIpc) is 3.01. The molecular weight excluding hydrogens is 558 g/mol. The molecule has 2 atom stereocenters. The second kappa shape index (κ2) is 14.6. The van der Waals surface area contributed by atoms with Crippen LogP contribution in [0.4, 0.5) is 5.69 Å². The third kappa shape index (κ3) is 7.73. The van der Waals surface area contributed by atoms with Gasteiger partial charge in [0.1, 0.15) is 18.3 Å². The number of nitrogens with zero attached hydrogens (tertiary/aromatic N) is 2. The van der Waals surface area contributed by atoms with E-state index in [9.17, 15) is 18.0 Å². The number of para-hydroxylation sites is 1. The van der Waals surface area contributed by atoms with Crippen LogP contribution in [-0.4, -0.2) is 65.1 Å². The summed E-state index contributed by atoms with van der Waals surface area (Å²) in [6, 6.07) is 18.7. The first-order chi connectivity index (χ1) is 20.0. The van der Waals surface area contributed by atoms with Crippen molar-refractivity contribution >= 4 is 27.5 Å². The van der Waals surface area contributed by atoms with Gasteiger partial charge in [0.15, 0.2) is 11.5 Å². The number of methoxy groups -OCH3 is 3. The fourth-order valence-corrected chi connectivity index (χ4v) is 5.63. The highest BCUT2D eigenvalue weighted by molar-refractivity contribution is 7.92. The van der Waals surface area contributed by atoms with E-state index in [0.717, 1.165) is 16.3 Å². The van der Waals surface area contributed by atoms with E-state index < -0.39 is 28.5 Å². The van der Waals surface area contributed by atoms with Crippen LogP contribution < -0.4 is 23.8 Å². The van der Waals surface area contributed by atoms with Crippen molar-refractivity contribution in [2.45, 2.75) is 50.7 Å². The summed E-state index contributed by atoms with van der Waals surface area (Å²) in [5, 5.41) is 2.92. The number of sulfonamides is 1. The van der Waals surface area contributed by atoms with Gasteiger partial charge in [-0.15, -0.1) is 0 Å². The van der Waals surface area contributed by atoms with E-state index in [1.807, 2.05) is 13.8 Å². The maximum Gasteiger partial charge on any atom is 0.264 e. The summed E-state index contributed by atoms with van der Waals surface area (Å²) in [6.45, 7) is 5.00. The minimum atomic E-state index is -4.26. The number of anilines is 1. The fourth-order valence-electron chi connectivity index (χ4n) is 4.20. The highest BCUT2D eigenvalue weighted by atomic mass is 32.2. The lowest BCUT2D eigenvalue weighted by atomic mass is 10.1. The number of hydrogen-bond acceptors (Lipinski definition) is 7. The van der Waals surface area contributed by atoms with Crippen LogP contribution in [0.25, 0.3) is 0 Å². The maximum atomic E-state index is 14.0. The highest BCUT2D eigenvalue weighted by Gasteiger charge is 2.33. The predicted octanol–water partition coefficient (Wildman–Crippen LogP) is 4.24. The first-order valence-corrected chi connectivity index (χ1v) is 15.0. The summed E-state index contributed by atoms with van der Waals surface area (Å²) < 4.78 is 44.9. The highest BCUT2D eigenvalue weighted by Crippen LogP contribution is 2.32. The number of amides is 2. The van der Waals surface area contributed by atoms with Crippen molar-refractivity contribution in [2.75, 3.05) is 32.2 Å². The predicted molar refractivity (Wildman–Crippen MR) is 161 cm³/mol. The Bertz CT molecular complexity index is 1450. The molecule has 0 unspecified atom stereocenters. The largest absolute Gasteiger partial charge is 0.497 e. The van der Waals surface area contributed by atoms with E-state index in [1.54, 1.807) is 68.6 Å². The van der Waals surface area contributed by atoms with Crippen LogP contribution in [0.2, 0.25) is 0 Å². The standard InChI is InChI=1S/C31H39N3O7S/c1-7-22(2)32-31(36)23(3)33(20-24-13-15-26(39-4)16-14-24)30(35)21-34(25-11-9-8-10-12-25)42(37,38)27-17-18-28(40-5)29(19-27)41-6/h8-19,22-23H,7,20-21H2,1-6H3,(H,32,36)/t22-,23+/m1/s1. The Hall–Kier alpha value is -4.25. The van der Waals surface area contributed by atoms with Crippen LogP contribution in [0.5, 0.6) is 17.2 Å². The molecule has 0 radical (unpaired) electrons. The van der Waals surface area contributed by atoms with Crippen LogP contribution in [0.3, 0.4) is 0 Å². The van der Waals surface area contributed by atoms with Gasteiger partial charge in [-0.25, -0.2) is 8.42 Å². The lowest BCUT2D eigenvalue weighted by molar-refractivity contribution is -0.139. The van der Waals surface area contributed by atoms with Crippen molar-refractivity contribution in [1.82, 2.24) is 10.2 Å². The molecule has 3 aromatic carbocycles. The van der Waals surface area contributed by atoms with E-state index in [1.165, 1.54) is 37.3 Å². The quantitative estimate of drug-likeness (QED) is 0.296. The monoisotopic (exact) mass is 597 g/mol. The molecule has 0 fully saturated rings. The van der Waals surface area contributed by atoms with Gasteiger partial charge in [-0.3, -0.25) is 13.9 Å². The number of nitrogens with one attached hydrogen (secondary N) is 1. The summed E-state index contributed by atoms with van der Waals surface area (Å²) in [7, 11) is 0.168. The van der Waals surface area contributed by atoms with Gasteiger partial charge >= 0.3 is 0 Å². The van der Waals surface area contributed by atoms with Crippen LogP contribution in [0.15, 0.2) is 77.7 Å². The summed E-state index contributed by atoms with van der Waals surface area (Å²) in [4.78, 5) is 28.5. The maximum absolute atomic E-state index is 14.0. The average molecular weight is 598 g/mol. The fraction of sp³-hybridized carbons (Fsp3) is 0.355. The lowest BCUT2D eigenvalue weighted by Gasteiger charge is -2.32. The van der Waals surface area contributed by atoms with E-state index in [0.29, 0.717) is 17.2 Å². The SMILES string of the molecule is CC[C@@H](C)NC(=O)[C@H](C)N(Cc1ccc(OC)cc1)C(=O)CN(c1ccccc1)S(=O)(=O)c1ccc(OC)c(OC)c1. The smallest absolute Gasteiger partial charge is 0.264 e. The molecule has 2 amide bonds. The Morgan fingerprint density at radius 2 is 1.50 bits per heavy atom. The number of benzene rings is 3. The molecule has 0 aromatic heterocycles. The number of carbonyl (C=O) groups is 2. The molecule has 42 heavy (non-hydrogen) atoms. The van der Waals surface area contributed by atoms with Crippen molar-refractivity contribution in [3.05, 3.63) is 78.4 Å². The van der Waals surface area contributed by atoms with E-state index >= 15 is 0 Å². The van der Waals surface area contributed by atoms with Gasteiger partial charge < -0.3 is 24.4 Å². The number of hydrogen-bond donors (Lipinski definition) is 1. The Morgan fingerprint density at radius 1 is 0.857 bits per heavy atom. The molecule has 0 aliphatic heterocycles. The molecule has 0 saturated heterocycles. The number of ether oxygens (including phenoxy) is 3. The minimum absolute atomic E-state index is 0.0803. The molecule has 11 heteroatoms. The van der Waals surface area contributed by atoms with Gasteiger partial charge in [-0.2, -0.15) is 0 Å².